The van der Waals surface area contributed by atoms with E-state index < -0.39 is 0 Å². The van der Waals surface area contributed by atoms with Crippen LogP contribution < -0.4 is 5.73 Å². The molecule has 0 fully saturated rings. The summed E-state index contributed by atoms with van der Waals surface area (Å²) in [6.45, 7) is 4.12. The minimum atomic E-state index is 0.228. The summed E-state index contributed by atoms with van der Waals surface area (Å²) in [5.41, 5.74) is 6.83. The van der Waals surface area contributed by atoms with Crippen LogP contribution in [0.1, 0.15) is 24.5 Å². The van der Waals surface area contributed by atoms with Gasteiger partial charge >= 0.3 is 0 Å². The topological polar surface area (TPSA) is 38.9 Å². The summed E-state index contributed by atoms with van der Waals surface area (Å²) in [4.78, 5) is 4.41. The molecule has 0 aliphatic heterocycles. The molecule has 2 nitrogen and oxygen atoms in total. The molecule has 62 valence electrons. The van der Waals surface area contributed by atoms with E-state index in [-0.39, 0.29) is 6.04 Å². The fraction of sp³-hybridized carbons (Fsp3) is 0.625. The summed E-state index contributed by atoms with van der Waals surface area (Å²) in [6.07, 6.45) is 1.93. The van der Waals surface area contributed by atoms with Crippen LogP contribution in [-0.2, 0) is 12.8 Å². The van der Waals surface area contributed by atoms with Gasteiger partial charge in [0.2, 0.25) is 0 Å². The highest BCUT2D eigenvalue weighted by Crippen LogP contribution is 2.11. The highest BCUT2D eigenvalue weighted by Gasteiger charge is 2.02. The summed E-state index contributed by atoms with van der Waals surface area (Å²) < 4.78 is 0. The standard InChI is InChI=1S/C8H14N2S/c1-3-7-5-11-8(10-7)4-6(2)9/h5-6H,3-4,9H2,1-2H3. The number of nitrogens with two attached hydrogens (primary N) is 1. The highest BCUT2D eigenvalue weighted by atomic mass is 32.1. The van der Waals surface area contributed by atoms with Crippen molar-refractivity contribution in [2.45, 2.75) is 32.7 Å². The number of aromatic nitrogens is 1. The molecule has 0 amide bonds. The maximum absolute atomic E-state index is 5.64. The van der Waals surface area contributed by atoms with E-state index in [0.29, 0.717) is 0 Å². The first-order valence-electron chi connectivity index (χ1n) is 3.91. The van der Waals surface area contributed by atoms with Crippen LogP contribution in [0.15, 0.2) is 5.38 Å². The van der Waals surface area contributed by atoms with Crippen molar-refractivity contribution in [1.29, 1.82) is 0 Å². The van der Waals surface area contributed by atoms with Gasteiger partial charge in [0.1, 0.15) is 0 Å². The zero-order chi connectivity index (χ0) is 8.27. The van der Waals surface area contributed by atoms with Crippen molar-refractivity contribution in [3.05, 3.63) is 16.1 Å². The second-order valence-corrected chi connectivity index (χ2v) is 3.71. The molecule has 1 unspecified atom stereocenters. The zero-order valence-corrected chi connectivity index (χ0v) is 7.82. The lowest BCUT2D eigenvalue weighted by atomic mass is 10.3. The van der Waals surface area contributed by atoms with Crippen LogP contribution in [0.2, 0.25) is 0 Å². The van der Waals surface area contributed by atoms with Crippen LogP contribution in [0.25, 0.3) is 0 Å². The molecule has 0 saturated heterocycles. The number of aryl methyl sites for hydroxylation is 1. The Hall–Kier alpha value is -0.410. The summed E-state index contributed by atoms with van der Waals surface area (Å²) in [5.74, 6) is 0. The van der Waals surface area contributed by atoms with E-state index in [4.69, 9.17) is 5.73 Å². The van der Waals surface area contributed by atoms with Gasteiger partial charge in [-0.2, -0.15) is 0 Å². The Morgan fingerprint density at radius 1 is 1.73 bits per heavy atom. The van der Waals surface area contributed by atoms with E-state index >= 15 is 0 Å². The fourth-order valence-electron chi connectivity index (χ4n) is 0.880. The molecule has 0 spiro atoms. The first-order chi connectivity index (χ1) is 5.22. The summed E-state index contributed by atoms with van der Waals surface area (Å²) in [7, 11) is 0. The molecule has 0 aliphatic rings. The molecule has 1 aromatic heterocycles. The Bertz CT molecular complexity index is 218. The quantitative estimate of drug-likeness (QED) is 0.748. The molecule has 0 radical (unpaired) electrons. The summed E-state index contributed by atoms with van der Waals surface area (Å²) >= 11 is 1.71. The molecular formula is C8H14N2S. The first-order valence-corrected chi connectivity index (χ1v) is 4.79. The predicted octanol–water partition coefficient (Wildman–Crippen LogP) is 1.60. The van der Waals surface area contributed by atoms with Crippen LogP contribution in [0.4, 0.5) is 0 Å². The van der Waals surface area contributed by atoms with E-state index in [1.165, 1.54) is 5.69 Å². The smallest absolute Gasteiger partial charge is 0.0943 e. The first kappa shape index (κ1) is 8.68. The monoisotopic (exact) mass is 170 g/mol. The Balaban J connectivity index is 2.58. The normalized spacial score (nSPS) is 13.4. The lowest BCUT2D eigenvalue weighted by Crippen LogP contribution is -2.17. The molecule has 1 rings (SSSR count). The van der Waals surface area contributed by atoms with Gasteiger partial charge in [-0.1, -0.05) is 6.92 Å². The summed E-state index contributed by atoms with van der Waals surface area (Å²) in [6, 6.07) is 0.228. The lowest BCUT2D eigenvalue weighted by molar-refractivity contribution is 0.731. The Morgan fingerprint density at radius 3 is 2.91 bits per heavy atom. The molecule has 0 aromatic carbocycles. The average molecular weight is 170 g/mol. The van der Waals surface area contributed by atoms with Crippen LogP contribution in [-0.4, -0.2) is 11.0 Å². The van der Waals surface area contributed by atoms with E-state index in [0.717, 1.165) is 17.8 Å². The molecular weight excluding hydrogens is 156 g/mol. The van der Waals surface area contributed by atoms with Gasteiger partial charge in [-0.3, -0.25) is 0 Å². The van der Waals surface area contributed by atoms with Gasteiger partial charge < -0.3 is 5.73 Å². The molecule has 1 heterocycles. The largest absolute Gasteiger partial charge is 0.328 e. The molecule has 11 heavy (non-hydrogen) atoms. The number of hydrogen-bond donors (Lipinski definition) is 1. The van der Waals surface area contributed by atoms with Crippen molar-refractivity contribution < 1.29 is 0 Å². The molecule has 1 atom stereocenters. The number of nitrogens with zero attached hydrogens (tertiary/aromatic N) is 1. The van der Waals surface area contributed by atoms with Crippen molar-refractivity contribution in [2.24, 2.45) is 5.73 Å². The molecule has 3 heteroatoms. The average Bonchev–Trinajstić information content (AvgIpc) is 2.34. The number of thiazole rings is 1. The highest BCUT2D eigenvalue weighted by molar-refractivity contribution is 7.09. The van der Waals surface area contributed by atoms with Crippen LogP contribution in [0, 0.1) is 0 Å². The van der Waals surface area contributed by atoms with Gasteiger partial charge in [0.05, 0.1) is 10.7 Å². The van der Waals surface area contributed by atoms with Crippen molar-refractivity contribution in [1.82, 2.24) is 4.98 Å². The van der Waals surface area contributed by atoms with Crippen LogP contribution >= 0.6 is 11.3 Å². The van der Waals surface area contributed by atoms with E-state index in [2.05, 4.69) is 17.3 Å². The summed E-state index contributed by atoms with van der Waals surface area (Å²) in [5, 5.41) is 3.27. The van der Waals surface area contributed by atoms with Crippen LogP contribution in [0.5, 0.6) is 0 Å². The van der Waals surface area contributed by atoms with Crippen molar-refractivity contribution in [3.8, 4) is 0 Å². The second-order valence-electron chi connectivity index (χ2n) is 2.77. The van der Waals surface area contributed by atoms with E-state index in [9.17, 15) is 0 Å². The van der Waals surface area contributed by atoms with E-state index in [1.807, 2.05) is 6.92 Å². The van der Waals surface area contributed by atoms with E-state index in [1.54, 1.807) is 11.3 Å². The maximum atomic E-state index is 5.64. The SMILES string of the molecule is CCc1csc(CC(C)N)n1. The Kier molecular flexibility index (Phi) is 3.02. The molecule has 2 N–H and O–H groups in total. The molecule has 0 bridgehead atoms. The molecule has 0 saturated carbocycles. The minimum absolute atomic E-state index is 0.228. The number of hydrogen-bond acceptors (Lipinski definition) is 3. The maximum Gasteiger partial charge on any atom is 0.0943 e. The van der Waals surface area contributed by atoms with Gasteiger partial charge in [-0.25, -0.2) is 4.98 Å². The number of rotatable bonds is 3. The van der Waals surface area contributed by atoms with Crippen LogP contribution in [0.3, 0.4) is 0 Å². The third-order valence-electron chi connectivity index (χ3n) is 1.46. The van der Waals surface area contributed by atoms with Gasteiger partial charge in [-0.05, 0) is 13.3 Å². The Labute approximate surface area is 71.5 Å². The predicted molar refractivity (Wildman–Crippen MR) is 48.8 cm³/mol. The van der Waals surface area contributed by atoms with Gasteiger partial charge in [0.25, 0.3) is 0 Å². The van der Waals surface area contributed by atoms with Gasteiger partial charge in [-0.15, -0.1) is 11.3 Å². The Morgan fingerprint density at radius 2 is 2.45 bits per heavy atom. The molecule has 0 aliphatic carbocycles. The lowest BCUT2D eigenvalue weighted by Gasteiger charge is -1.98. The third kappa shape index (κ3) is 2.60. The van der Waals surface area contributed by atoms with Gasteiger partial charge in [0, 0.05) is 17.8 Å². The second kappa shape index (κ2) is 3.83. The zero-order valence-electron chi connectivity index (χ0n) is 7.00. The minimum Gasteiger partial charge on any atom is -0.328 e. The fourth-order valence-corrected chi connectivity index (χ4v) is 1.90. The van der Waals surface area contributed by atoms with Crippen molar-refractivity contribution in [2.75, 3.05) is 0 Å². The van der Waals surface area contributed by atoms with Crippen molar-refractivity contribution in [3.63, 3.8) is 0 Å². The van der Waals surface area contributed by atoms with Crippen molar-refractivity contribution >= 4 is 11.3 Å². The third-order valence-corrected chi connectivity index (χ3v) is 2.38. The van der Waals surface area contributed by atoms with Gasteiger partial charge in [0.15, 0.2) is 0 Å². The molecule has 1 aromatic rings.